The van der Waals surface area contributed by atoms with Crippen molar-refractivity contribution in [3.8, 4) is 0 Å². The maximum Gasteiger partial charge on any atom is 0.242 e. The van der Waals surface area contributed by atoms with Crippen LogP contribution in [0, 0.1) is 5.92 Å². The monoisotopic (exact) mass is 403 g/mol. The van der Waals surface area contributed by atoms with Crippen molar-refractivity contribution in [2.24, 2.45) is 10.9 Å². The van der Waals surface area contributed by atoms with Crippen molar-refractivity contribution in [1.82, 2.24) is 20.9 Å². The van der Waals surface area contributed by atoms with E-state index in [1.807, 2.05) is 37.3 Å². The van der Waals surface area contributed by atoms with Crippen LogP contribution in [0.5, 0.6) is 0 Å². The van der Waals surface area contributed by atoms with Crippen LogP contribution in [0.4, 0.5) is 0 Å². The quantitative estimate of drug-likeness (QED) is 0.409. The molecule has 1 aliphatic heterocycles. The van der Waals surface area contributed by atoms with Crippen LogP contribution in [-0.4, -0.2) is 68.7 Å². The fourth-order valence-corrected chi connectivity index (χ4v) is 3.41. The van der Waals surface area contributed by atoms with Crippen LogP contribution >= 0.6 is 0 Å². The summed E-state index contributed by atoms with van der Waals surface area (Å²) in [5.41, 5.74) is 1.08. The second kappa shape index (κ2) is 13.2. The average molecular weight is 404 g/mol. The molecular weight excluding hydrogens is 366 g/mol. The van der Waals surface area contributed by atoms with Crippen LogP contribution in [0.25, 0.3) is 0 Å². The average Bonchev–Trinajstić information content (AvgIpc) is 2.74. The first-order valence-corrected chi connectivity index (χ1v) is 10.7. The topological polar surface area (TPSA) is 78.0 Å². The Morgan fingerprint density at radius 3 is 2.52 bits per heavy atom. The Kier molecular flexibility index (Phi) is 10.5. The van der Waals surface area contributed by atoms with Crippen molar-refractivity contribution in [2.75, 3.05) is 45.9 Å². The van der Waals surface area contributed by atoms with Crippen molar-refractivity contribution in [3.05, 3.63) is 35.9 Å². The van der Waals surface area contributed by atoms with Gasteiger partial charge in [0.15, 0.2) is 5.96 Å². The van der Waals surface area contributed by atoms with E-state index < -0.39 is 0 Å². The molecule has 0 spiro atoms. The molecule has 7 heteroatoms. The summed E-state index contributed by atoms with van der Waals surface area (Å²) >= 11 is 0. The van der Waals surface area contributed by atoms with E-state index in [2.05, 4.69) is 39.7 Å². The molecule has 0 aromatic heterocycles. The van der Waals surface area contributed by atoms with Crippen molar-refractivity contribution >= 4 is 11.9 Å². The number of hydrogen-bond acceptors (Lipinski definition) is 4. The highest BCUT2D eigenvalue weighted by atomic mass is 16.5. The van der Waals surface area contributed by atoms with Crippen LogP contribution in [0.15, 0.2) is 35.3 Å². The van der Waals surface area contributed by atoms with E-state index in [0.717, 1.165) is 51.4 Å². The summed E-state index contributed by atoms with van der Waals surface area (Å²) in [5, 5.41) is 9.58. The molecule has 0 saturated carbocycles. The van der Waals surface area contributed by atoms with Crippen LogP contribution in [0.1, 0.15) is 32.8 Å². The van der Waals surface area contributed by atoms with E-state index in [1.165, 1.54) is 0 Å². The summed E-state index contributed by atoms with van der Waals surface area (Å²) in [4.78, 5) is 19.1. The van der Waals surface area contributed by atoms with E-state index in [1.54, 1.807) is 0 Å². The Morgan fingerprint density at radius 2 is 1.86 bits per heavy atom. The fourth-order valence-electron chi connectivity index (χ4n) is 3.41. The second-order valence-electron chi connectivity index (χ2n) is 7.77. The summed E-state index contributed by atoms with van der Waals surface area (Å²) in [6.07, 6.45) is 1.12. The molecule has 7 nitrogen and oxygen atoms in total. The lowest BCUT2D eigenvalue weighted by molar-refractivity contribution is -0.119. The maximum atomic E-state index is 12.2. The minimum atomic E-state index is -0.0852. The van der Waals surface area contributed by atoms with E-state index >= 15 is 0 Å². The van der Waals surface area contributed by atoms with Gasteiger partial charge in [-0.1, -0.05) is 44.2 Å². The third-order valence-electron chi connectivity index (χ3n) is 4.87. The van der Waals surface area contributed by atoms with Gasteiger partial charge in [-0.2, -0.15) is 0 Å². The predicted octanol–water partition coefficient (Wildman–Crippen LogP) is 1.60. The van der Waals surface area contributed by atoms with Crippen molar-refractivity contribution in [1.29, 1.82) is 0 Å². The van der Waals surface area contributed by atoms with Crippen LogP contribution in [-0.2, 0) is 16.1 Å². The lowest BCUT2D eigenvalue weighted by Crippen LogP contribution is -2.51. The highest BCUT2D eigenvalue weighted by Crippen LogP contribution is 2.13. The Bertz CT molecular complexity index is 615. The molecule has 1 unspecified atom stereocenters. The molecule has 2 rings (SSSR count). The van der Waals surface area contributed by atoms with Gasteiger partial charge in [0.25, 0.3) is 0 Å². The largest absolute Gasteiger partial charge is 0.379 e. The van der Waals surface area contributed by atoms with E-state index in [-0.39, 0.29) is 12.5 Å². The Balaban J connectivity index is 1.84. The molecule has 29 heavy (non-hydrogen) atoms. The number of guanidine groups is 1. The molecule has 162 valence electrons. The number of benzene rings is 1. The Morgan fingerprint density at radius 1 is 1.14 bits per heavy atom. The van der Waals surface area contributed by atoms with Crippen LogP contribution in [0.2, 0.25) is 0 Å². The van der Waals surface area contributed by atoms with E-state index in [9.17, 15) is 4.79 Å². The molecule has 1 heterocycles. The summed E-state index contributed by atoms with van der Waals surface area (Å²) in [7, 11) is 0. The third kappa shape index (κ3) is 9.28. The number of nitrogens with one attached hydrogen (secondary N) is 3. The highest BCUT2D eigenvalue weighted by molar-refractivity contribution is 5.84. The molecule has 1 fully saturated rings. The minimum absolute atomic E-state index is 0.0852. The number of ether oxygens (including phenoxy) is 1. The summed E-state index contributed by atoms with van der Waals surface area (Å²) in [5.74, 6) is 1.22. The molecule has 1 saturated heterocycles. The SMILES string of the molecule is CCNC(=NCC(=O)NCc1ccccc1)NCC(CC(C)C)N1CCOCC1. The molecule has 1 aliphatic rings. The number of hydrogen-bond donors (Lipinski definition) is 3. The maximum absolute atomic E-state index is 12.2. The van der Waals surface area contributed by atoms with Gasteiger partial charge in [-0.05, 0) is 24.8 Å². The van der Waals surface area contributed by atoms with Gasteiger partial charge >= 0.3 is 0 Å². The molecule has 1 atom stereocenters. The van der Waals surface area contributed by atoms with Gasteiger partial charge in [-0.3, -0.25) is 9.69 Å². The smallest absolute Gasteiger partial charge is 0.242 e. The molecule has 1 aromatic carbocycles. The molecule has 3 N–H and O–H groups in total. The lowest BCUT2D eigenvalue weighted by atomic mass is 10.0. The number of carbonyl (C=O) groups is 1. The highest BCUT2D eigenvalue weighted by Gasteiger charge is 2.22. The summed E-state index contributed by atoms with van der Waals surface area (Å²) in [6.45, 7) is 12.2. The Labute approximate surface area is 175 Å². The minimum Gasteiger partial charge on any atom is -0.379 e. The molecule has 0 aliphatic carbocycles. The number of nitrogens with zero attached hydrogens (tertiary/aromatic N) is 2. The van der Waals surface area contributed by atoms with Crippen LogP contribution in [0.3, 0.4) is 0 Å². The number of amides is 1. The number of carbonyl (C=O) groups excluding carboxylic acids is 1. The molecular formula is C22H37N5O2. The van der Waals surface area contributed by atoms with Gasteiger partial charge < -0.3 is 20.7 Å². The second-order valence-corrected chi connectivity index (χ2v) is 7.77. The molecule has 0 bridgehead atoms. The molecule has 0 radical (unpaired) electrons. The number of morpholine rings is 1. The van der Waals surface area contributed by atoms with E-state index in [0.29, 0.717) is 24.5 Å². The van der Waals surface area contributed by atoms with Crippen molar-refractivity contribution < 1.29 is 9.53 Å². The molecule has 1 aromatic rings. The molecule has 1 amide bonds. The zero-order valence-corrected chi connectivity index (χ0v) is 18.1. The van der Waals surface area contributed by atoms with Gasteiger partial charge in [0.2, 0.25) is 5.91 Å². The normalized spacial score (nSPS) is 16.5. The lowest BCUT2D eigenvalue weighted by Gasteiger charge is -2.35. The van der Waals surface area contributed by atoms with Gasteiger partial charge in [0.05, 0.1) is 13.2 Å². The number of rotatable bonds is 10. The summed E-state index contributed by atoms with van der Waals surface area (Å²) < 4.78 is 5.50. The van der Waals surface area contributed by atoms with E-state index in [4.69, 9.17) is 4.74 Å². The standard InChI is InChI=1S/C22H37N5O2/c1-4-23-22(26-17-21(28)24-15-19-8-6-5-7-9-19)25-16-20(14-18(2)3)27-10-12-29-13-11-27/h5-9,18,20H,4,10-17H2,1-3H3,(H,24,28)(H2,23,25,26). The Hall–Kier alpha value is -2.12. The fraction of sp³-hybridized carbons (Fsp3) is 0.636. The third-order valence-corrected chi connectivity index (χ3v) is 4.87. The van der Waals surface area contributed by atoms with Gasteiger partial charge in [-0.25, -0.2) is 4.99 Å². The van der Waals surface area contributed by atoms with Crippen LogP contribution < -0.4 is 16.0 Å². The van der Waals surface area contributed by atoms with Crippen molar-refractivity contribution in [2.45, 2.75) is 39.8 Å². The van der Waals surface area contributed by atoms with Gasteiger partial charge in [0.1, 0.15) is 6.54 Å². The van der Waals surface area contributed by atoms with Crippen molar-refractivity contribution in [3.63, 3.8) is 0 Å². The first-order chi connectivity index (χ1) is 14.1. The summed E-state index contributed by atoms with van der Waals surface area (Å²) in [6, 6.07) is 10.3. The van der Waals surface area contributed by atoms with Gasteiger partial charge in [0, 0.05) is 38.8 Å². The zero-order valence-electron chi connectivity index (χ0n) is 18.1. The first kappa shape index (κ1) is 23.2. The zero-order chi connectivity index (χ0) is 20.9. The number of aliphatic imine (C=N–C) groups is 1. The van der Waals surface area contributed by atoms with Gasteiger partial charge in [-0.15, -0.1) is 0 Å². The predicted molar refractivity (Wildman–Crippen MR) is 118 cm³/mol. The first-order valence-electron chi connectivity index (χ1n) is 10.7.